The second-order valence-electron chi connectivity index (χ2n) is 6.92. The first kappa shape index (κ1) is 18.4. The SMILES string of the molecule is CN(C)CCN1CCN(C(=O)CCc2ccccc2F)c2ccccc21. The fraction of sp³-hybridized carbons (Fsp3) is 0.381. The average molecular weight is 355 g/mol. The molecule has 1 heterocycles. The lowest BCUT2D eigenvalue weighted by Gasteiger charge is -2.38. The van der Waals surface area contributed by atoms with Crippen LogP contribution in [0.4, 0.5) is 15.8 Å². The summed E-state index contributed by atoms with van der Waals surface area (Å²) < 4.78 is 13.8. The summed E-state index contributed by atoms with van der Waals surface area (Å²) in [5, 5.41) is 0. The fourth-order valence-electron chi connectivity index (χ4n) is 3.31. The number of halogens is 1. The van der Waals surface area contributed by atoms with Crippen LogP contribution in [-0.4, -0.2) is 51.1 Å². The Hall–Kier alpha value is -2.40. The Bertz CT molecular complexity index is 762. The van der Waals surface area contributed by atoms with Crippen molar-refractivity contribution in [2.75, 3.05) is 50.1 Å². The maximum atomic E-state index is 13.8. The summed E-state index contributed by atoms with van der Waals surface area (Å²) in [5.74, 6) is -0.192. The van der Waals surface area contributed by atoms with Gasteiger partial charge >= 0.3 is 0 Å². The Labute approximate surface area is 154 Å². The van der Waals surface area contributed by atoms with Gasteiger partial charge in [0.1, 0.15) is 5.82 Å². The zero-order valence-corrected chi connectivity index (χ0v) is 15.5. The summed E-state index contributed by atoms with van der Waals surface area (Å²) in [4.78, 5) is 19.1. The minimum atomic E-state index is -0.241. The molecule has 138 valence electrons. The first-order valence-corrected chi connectivity index (χ1v) is 9.09. The van der Waals surface area contributed by atoms with Crippen LogP contribution >= 0.6 is 0 Å². The molecule has 0 aliphatic carbocycles. The number of fused-ring (bicyclic) bond motifs is 1. The molecule has 0 fully saturated rings. The van der Waals surface area contributed by atoms with Gasteiger partial charge in [-0.15, -0.1) is 0 Å². The van der Waals surface area contributed by atoms with Gasteiger partial charge in [-0.2, -0.15) is 0 Å². The van der Waals surface area contributed by atoms with Crippen molar-refractivity contribution in [3.05, 3.63) is 59.9 Å². The molecule has 0 spiro atoms. The zero-order valence-electron chi connectivity index (χ0n) is 15.5. The van der Waals surface area contributed by atoms with E-state index in [-0.39, 0.29) is 11.7 Å². The first-order valence-electron chi connectivity index (χ1n) is 9.09. The quantitative estimate of drug-likeness (QED) is 0.796. The summed E-state index contributed by atoms with van der Waals surface area (Å²) in [7, 11) is 4.13. The van der Waals surface area contributed by atoms with E-state index in [1.807, 2.05) is 29.2 Å². The number of nitrogens with zero attached hydrogens (tertiary/aromatic N) is 3. The minimum Gasteiger partial charge on any atom is -0.367 e. The Morgan fingerprint density at radius 2 is 1.73 bits per heavy atom. The van der Waals surface area contributed by atoms with Crippen LogP contribution in [0.25, 0.3) is 0 Å². The molecule has 3 rings (SSSR count). The molecule has 0 radical (unpaired) electrons. The number of carbonyl (C=O) groups is 1. The smallest absolute Gasteiger partial charge is 0.227 e. The van der Waals surface area contributed by atoms with Crippen molar-refractivity contribution in [3.8, 4) is 0 Å². The van der Waals surface area contributed by atoms with Gasteiger partial charge in [0, 0.05) is 32.6 Å². The van der Waals surface area contributed by atoms with E-state index in [0.29, 0.717) is 24.9 Å². The third kappa shape index (κ3) is 4.22. The average Bonchev–Trinajstić information content (AvgIpc) is 2.65. The van der Waals surface area contributed by atoms with Crippen molar-refractivity contribution >= 4 is 17.3 Å². The van der Waals surface area contributed by atoms with E-state index in [1.54, 1.807) is 12.1 Å². The second kappa shape index (κ2) is 8.32. The van der Waals surface area contributed by atoms with Crippen LogP contribution in [0.2, 0.25) is 0 Å². The fourth-order valence-corrected chi connectivity index (χ4v) is 3.31. The standard InChI is InChI=1S/C21H26FN3O/c1-23(2)13-14-24-15-16-25(20-10-6-5-9-19(20)24)21(26)12-11-17-7-3-4-8-18(17)22/h3-10H,11-16H2,1-2H3. The molecule has 0 aromatic heterocycles. The van der Waals surface area contributed by atoms with Gasteiger partial charge in [0.05, 0.1) is 11.4 Å². The van der Waals surface area contributed by atoms with Gasteiger partial charge < -0.3 is 14.7 Å². The summed E-state index contributed by atoms with van der Waals surface area (Å²) in [6.45, 7) is 3.38. The second-order valence-corrected chi connectivity index (χ2v) is 6.92. The van der Waals surface area contributed by atoms with Crippen LogP contribution in [0.15, 0.2) is 48.5 Å². The highest BCUT2D eigenvalue weighted by Gasteiger charge is 2.26. The van der Waals surface area contributed by atoms with Gasteiger partial charge in [-0.3, -0.25) is 4.79 Å². The third-order valence-corrected chi connectivity index (χ3v) is 4.79. The van der Waals surface area contributed by atoms with Gasteiger partial charge in [0.15, 0.2) is 0 Å². The van der Waals surface area contributed by atoms with E-state index in [4.69, 9.17) is 0 Å². The molecule has 0 atom stereocenters. The predicted molar refractivity (Wildman–Crippen MR) is 104 cm³/mol. The maximum absolute atomic E-state index is 13.8. The Morgan fingerprint density at radius 1 is 1.04 bits per heavy atom. The maximum Gasteiger partial charge on any atom is 0.227 e. The lowest BCUT2D eigenvalue weighted by molar-refractivity contribution is -0.118. The molecule has 26 heavy (non-hydrogen) atoms. The van der Waals surface area contributed by atoms with E-state index in [0.717, 1.165) is 31.0 Å². The van der Waals surface area contributed by atoms with Gasteiger partial charge in [-0.1, -0.05) is 30.3 Å². The highest BCUT2D eigenvalue weighted by Crippen LogP contribution is 2.33. The number of anilines is 2. The highest BCUT2D eigenvalue weighted by atomic mass is 19.1. The molecule has 0 saturated carbocycles. The molecular weight excluding hydrogens is 329 g/mol. The minimum absolute atomic E-state index is 0.0490. The van der Waals surface area contributed by atoms with Crippen molar-refractivity contribution in [1.29, 1.82) is 0 Å². The molecule has 1 aliphatic heterocycles. The Balaban J connectivity index is 1.70. The number of aryl methyl sites for hydroxylation is 1. The number of hydrogen-bond acceptors (Lipinski definition) is 3. The molecule has 0 bridgehead atoms. The third-order valence-electron chi connectivity index (χ3n) is 4.79. The number of amides is 1. The van der Waals surface area contributed by atoms with Crippen LogP contribution in [-0.2, 0) is 11.2 Å². The number of carbonyl (C=O) groups excluding carboxylic acids is 1. The van der Waals surface area contributed by atoms with Gasteiger partial charge in [0.2, 0.25) is 5.91 Å². The van der Waals surface area contributed by atoms with Gasteiger partial charge in [0.25, 0.3) is 0 Å². The molecule has 5 heteroatoms. The normalized spacial score (nSPS) is 13.8. The molecule has 0 saturated heterocycles. The van der Waals surface area contributed by atoms with E-state index >= 15 is 0 Å². The Morgan fingerprint density at radius 3 is 2.46 bits per heavy atom. The molecule has 0 unspecified atom stereocenters. The van der Waals surface area contributed by atoms with E-state index < -0.39 is 0 Å². The van der Waals surface area contributed by atoms with Crippen molar-refractivity contribution in [1.82, 2.24) is 4.90 Å². The van der Waals surface area contributed by atoms with Crippen molar-refractivity contribution < 1.29 is 9.18 Å². The molecule has 0 N–H and O–H groups in total. The van der Waals surface area contributed by atoms with Crippen LogP contribution in [0.3, 0.4) is 0 Å². The number of hydrogen-bond donors (Lipinski definition) is 0. The van der Waals surface area contributed by atoms with Gasteiger partial charge in [-0.25, -0.2) is 4.39 Å². The van der Waals surface area contributed by atoms with Crippen LogP contribution in [0.1, 0.15) is 12.0 Å². The van der Waals surface area contributed by atoms with Crippen molar-refractivity contribution in [2.45, 2.75) is 12.8 Å². The number of benzene rings is 2. The number of rotatable bonds is 6. The topological polar surface area (TPSA) is 26.8 Å². The molecule has 1 amide bonds. The predicted octanol–water partition coefficient (Wildman–Crippen LogP) is 3.17. The molecule has 1 aliphatic rings. The van der Waals surface area contributed by atoms with Crippen LogP contribution in [0.5, 0.6) is 0 Å². The first-order chi connectivity index (χ1) is 12.6. The molecule has 2 aromatic rings. The van der Waals surface area contributed by atoms with E-state index in [9.17, 15) is 9.18 Å². The largest absolute Gasteiger partial charge is 0.367 e. The molecule has 4 nitrogen and oxygen atoms in total. The van der Waals surface area contributed by atoms with Gasteiger partial charge in [-0.05, 0) is 44.3 Å². The Kier molecular flexibility index (Phi) is 5.89. The molecule has 2 aromatic carbocycles. The summed E-state index contributed by atoms with van der Waals surface area (Å²) in [6.07, 6.45) is 0.738. The van der Waals surface area contributed by atoms with Crippen LogP contribution in [0, 0.1) is 5.82 Å². The van der Waals surface area contributed by atoms with E-state index in [1.165, 1.54) is 6.07 Å². The lowest BCUT2D eigenvalue weighted by Crippen LogP contribution is -2.46. The number of para-hydroxylation sites is 2. The van der Waals surface area contributed by atoms with Crippen molar-refractivity contribution in [2.24, 2.45) is 0 Å². The monoisotopic (exact) mass is 355 g/mol. The zero-order chi connectivity index (χ0) is 18.5. The van der Waals surface area contributed by atoms with Crippen molar-refractivity contribution in [3.63, 3.8) is 0 Å². The summed E-state index contributed by atoms with van der Waals surface area (Å²) in [5.41, 5.74) is 2.65. The number of likely N-dealkylation sites (N-methyl/N-ethyl adjacent to an activating group) is 1. The summed E-state index contributed by atoms with van der Waals surface area (Å²) >= 11 is 0. The summed E-state index contributed by atoms with van der Waals surface area (Å²) in [6, 6.07) is 14.7. The lowest BCUT2D eigenvalue weighted by atomic mass is 10.1. The molecular formula is C21H26FN3O. The highest BCUT2D eigenvalue weighted by molar-refractivity contribution is 5.98. The van der Waals surface area contributed by atoms with Crippen LogP contribution < -0.4 is 9.80 Å². The van der Waals surface area contributed by atoms with E-state index in [2.05, 4.69) is 30.0 Å².